The third-order valence-electron chi connectivity index (χ3n) is 3.95. The first-order valence-electron chi connectivity index (χ1n) is 7.64. The number of carbonyl (C=O) groups is 2. The van der Waals surface area contributed by atoms with Crippen LogP contribution in [0, 0.1) is 5.92 Å². The van der Waals surface area contributed by atoms with E-state index in [1.807, 2.05) is 24.3 Å². The number of likely N-dealkylation sites (tertiary alicyclic amines) is 1. The maximum atomic E-state index is 11.9. The second-order valence-corrected chi connectivity index (χ2v) is 5.87. The minimum atomic E-state index is 0.0201. The van der Waals surface area contributed by atoms with Gasteiger partial charge in [-0.25, -0.2) is 0 Å². The third kappa shape index (κ3) is 4.04. The average molecular weight is 287 g/mol. The fourth-order valence-electron chi connectivity index (χ4n) is 2.57. The number of nitrogens with one attached hydrogen (secondary N) is 2. The number of hydrogen-bond acceptors (Lipinski definition) is 3. The van der Waals surface area contributed by atoms with Crippen molar-refractivity contribution in [2.24, 2.45) is 5.92 Å². The zero-order chi connectivity index (χ0) is 14.7. The number of rotatable bonds is 5. The van der Waals surface area contributed by atoms with Crippen molar-refractivity contribution in [1.82, 2.24) is 4.90 Å². The number of benzene rings is 1. The summed E-state index contributed by atoms with van der Waals surface area (Å²) in [5, 5.41) is 5.77. The molecule has 0 radical (unpaired) electrons. The molecule has 1 saturated heterocycles. The Bertz CT molecular complexity index is 517. The summed E-state index contributed by atoms with van der Waals surface area (Å²) in [6.45, 7) is 2.49. The minimum Gasteiger partial charge on any atom is -0.326 e. The second-order valence-electron chi connectivity index (χ2n) is 5.87. The van der Waals surface area contributed by atoms with Crippen molar-refractivity contribution in [2.45, 2.75) is 25.7 Å². The Balaban J connectivity index is 1.48. The van der Waals surface area contributed by atoms with Crippen LogP contribution >= 0.6 is 0 Å². The van der Waals surface area contributed by atoms with Crippen LogP contribution in [0.3, 0.4) is 0 Å². The molecule has 21 heavy (non-hydrogen) atoms. The molecule has 0 atom stereocenters. The molecular weight excluding hydrogens is 266 g/mol. The molecule has 1 aliphatic carbocycles. The summed E-state index contributed by atoms with van der Waals surface area (Å²) in [6.07, 6.45) is 4.36. The molecule has 1 aromatic carbocycles. The first-order chi connectivity index (χ1) is 10.2. The van der Waals surface area contributed by atoms with Crippen molar-refractivity contribution in [3.63, 3.8) is 0 Å². The largest absolute Gasteiger partial charge is 0.326 e. The van der Waals surface area contributed by atoms with Crippen molar-refractivity contribution in [3.05, 3.63) is 24.3 Å². The minimum absolute atomic E-state index is 0.0201. The van der Waals surface area contributed by atoms with E-state index in [4.69, 9.17) is 0 Å². The van der Waals surface area contributed by atoms with Crippen LogP contribution in [0.2, 0.25) is 0 Å². The summed E-state index contributed by atoms with van der Waals surface area (Å²) in [7, 11) is 0. The molecule has 3 rings (SSSR count). The topological polar surface area (TPSA) is 61.4 Å². The first kappa shape index (κ1) is 14.1. The molecular formula is C16H21N3O2. The Kier molecular flexibility index (Phi) is 4.20. The van der Waals surface area contributed by atoms with E-state index in [1.165, 1.54) is 12.8 Å². The first-order valence-corrected chi connectivity index (χ1v) is 7.64. The lowest BCUT2D eigenvalue weighted by atomic mass is 10.2. The monoisotopic (exact) mass is 287 g/mol. The lowest BCUT2D eigenvalue weighted by Gasteiger charge is -2.14. The van der Waals surface area contributed by atoms with Gasteiger partial charge in [-0.1, -0.05) is 0 Å². The van der Waals surface area contributed by atoms with Gasteiger partial charge < -0.3 is 10.6 Å². The number of anilines is 2. The van der Waals surface area contributed by atoms with Crippen molar-refractivity contribution in [3.8, 4) is 0 Å². The van der Waals surface area contributed by atoms with Crippen LogP contribution in [0.15, 0.2) is 24.3 Å². The van der Waals surface area contributed by atoms with Gasteiger partial charge in [0.1, 0.15) is 0 Å². The predicted molar refractivity (Wildman–Crippen MR) is 82.1 cm³/mol. The van der Waals surface area contributed by atoms with Gasteiger partial charge in [-0.2, -0.15) is 0 Å². The van der Waals surface area contributed by atoms with Crippen LogP contribution in [0.5, 0.6) is 0 Å². The Morgan fingerprint density at radius 2 is 1.57 bits per heavy atom. The van der Waals surface area contributed by atoms with E-state index in [0.717, 1.165) is 37.3 Å². The summed E-state index contributed by atoms with van der Waals surface area (Å²) >= 11 is 0. The van der Waals surface area contributed by atoms with Crippen LogP contribution in [0.25, 0.3) is 0 Å². The van der Waals surface area contributed by atoms with Crippen molar-refractivity contribution >= 4 is 23.2 Å². The van der Waals surface area contributed by atoms with Gasteiger partial charge in [0.15, 0.2) is 0 Å². The smallest absolute Gasteiger partial charge is 0.238 e. The SMILES string of the molecule is O=C(CN1CCCC1)Nc1ccc(NC(=O)C2CC2)cc1. The Morgan fingerprint density at radius 1 is 1.00 bits per heavy atom. The van der Waals surface area contributed by atoms with E-state index >= 15 is 0 Å². The number of carbonyl (C=O) groups excluding carboxylic acids is 2. The standard InChI is InChI=1S/C16H21N3O2/c20-15(11-19-9-1-2-10-19)17-13-5-7-14(8-6-13)18-16(21)12-3-4-12/h5-8,12H,1-4,9-11H2,(H,17,20)(H,18,21). The highest BCUT2D eigenvalue weighted by molar-refractivity contribution is 5.95. The molecule has 2 aliphatic rings. The maximum absolute atomic E-state index is 11.9. The van der Waals surface area contributed by atoms with E-state index in [0.29, 0.717) is 6.54 Å². The lowest BCUT2D eigenvalue weighted by Crippen LogP contribution is -2.30. The van der Waals surface area contributed by atoms with Gasteiger partial charge >= 0.3 is 0 Å². The third-order valence-corrected chi connectivity index (χ3v) is 3.95. The van der Waals surface area contributed by atoms with Crippen molar-refractivity contribution in [2.75, 3.05) is 30.3 Å². The molecule has 0 aromatic heterocycles. The fourth-order valence-corrected chi connectivity index (χ4v) is 2.57. The van der Waals surface area contributed by atoms with Gasteiger partial charge in [0, 0.05) is 17.3 Å². The molecule has 5 nitrogen and oxygen atoms in total. The normalized spacial score (nSPS) is 18.5. The number of amides is 2. The Hall–Kier alpha value is -1.88. The summed E-state index contributed by atoms with van der Waals surface area (Å²) in [5.41, 5.74) is 1.55. The van der Waals surface area contributed by atoms with Gasteiger partial charge in [-0.15, -0.1) is 0 Å². The number of hydrogen-bond donors (Lipinski definition) is 2. The van der Waals surface area contributed by atoms with Gasteiger partial charge in [-0.05, 0) is 63.0 Å². The molecule has 1 saturated carbocycles. The number of nitrogens with zero attached hydrogens (tertiary/aromatic N) is 1. The van der Waals surface area contributed by atoms with Gasteiger partial charge in [0.05, 0.1) is 6.54 Å². The maximum Gasteiger partial charge on any atom is 0.238 e. The van der Waals surface area contributed by atoms with Crippen LogP contribution in [0.4, 0.5) is 11.4 Å². The molecule has 1 heterocycles. The quantitative estimate of drug-likeness (QED) is 0.871. The molecule has 0 spiro atoms. The van der Waals surface area contributed by atoms with Gasteiger partial charge in [0.2, 0.25) is 11.8 Å². The van der Waals surface area contributed by atoms with E-state index in [1.54, 1.807) is 0 Å². The summed E-state index contributed by atoms with van der Waals surface area (Å²) in [6, 6.07) is 7.30. The van der Waals surface area contributed by atoms with Crippen LogP contribution in [0.1, 0.15) is 25.7 Å². The van der Waals surface area contributed by atoms with E-state index in [2.05, 4.69) is 15.5 Å². The fraction of sp³-hybridized carbons (Fsp3) is 0.500. The second kappa shape index (κ2) is 6.26. The molecule has 0 bridgehead atoms. The van der Waals surface area contributed by atoms with Crippen LogP contribution in [-0.2, 0) is 9.59 Å². The van der Waals surface area contributed by atoms with Crippen molar-refractivity contribution < 1.29 is 9.59 Å². The molecule has 2 amide bonds. The van der Waals surface area contributed by atoms with Gasteiger partial charge in [0.25, 0.3) is 0 Å². The highest BCUT2D eigenvalue weighted by Crippen LogP contribution is 2.30. The summed E-state index contributed by atoms with van der Waals surface area (Å²) in [4.78, 5) is 25.7. The molecule has 5 heteroatoms. The summed E-state index contributed by atoms with van der Waals surface area (Å²) in [5.74, 6) is 0.317. The van der Waals surface area contributed by atoms with Crippen molar-refractivity contribution in [1.29, 1.82) is 0 Å². The summed E-state index contributed by atoms with van der Waals surface area (Å²) < 4.78 is 0. The van der Waals surface area contributed by atoms with Gasteiger partial charge in [-0.3, -0.25) is 14.5 Å². The Labute approximate surface area is 124 Å². The molecule has 1 aliphatic heterocycles. The highest BCUT2D eigenvalue weighted by atomic mass is 16.2. The molecule has 1 aromatic rings. The van der Waals surface area contributed by atoms with E-state index in [9.17, 15) is 9.59 Å². The van der Waals surface area contributed by atoms with Crippen LogP contribution < -0.4 is 10.6 Å². The molecule has 2 N–H and O–H groups in total. The zero-order valence-corrected chi connectivity index (χ0v) is 12.1. The molecule has 112 valence electrons. The predicted octanol–water partition coefficient (Wildman–Crippen LogP) is 2.07. The molecule has 0 unspecified atom stereocenters. The average Bonchev–Trinajstić information content (AvgIpc) is 3.20. The van der Waals surface area contributed by atoms with E-state index in [-0.39, 0.29) is 17.7 Å². The highest BCUT2D eigenvalue weighted by Gasteiger charge is 2.29. The van der Waals surface area contributed by atoms with E-state index < -0.39 is 0 Å². The zero-order valence-electron chi connectivity index (χ0n) is 12.1. The Morgan fingerprint density at radius 3 is 2.14 bits per heavy atom. The van der Waals surface area contributed by atoms with Crippen LogP contribution in [-0.4, -0.2) is 36.3 Å². The molecule has 2 fully saturated rings. The lowest BCUT2D eigenvalue weighted by molar-refractivity contribution is -0.118.